The molecule has 0 bridgehead atoms. The lowest BCUT2D eigenvalue weighted by Gasteiger charge is -2.03. The molecule has 10 heteroatoms. The molecule has 4 aromatic rings. The predicted molar refractivity (Wildman–Crippen MR) is 103 cm³/mol. The number of aromatic amines is 1. The number of hydrogen-bond acceptors (Lipinski definition) is 8. The molecule has 0 aromatic carbocycles. The van der Waals surface area contributed by atoms with Crippen molar-refractivity contribution in [2.45, 2.75) is 24.8 Å². The van der Waals surface area contributed by atoms with E-state index in [-0.39, 0.29) is 5.56 Å². The molecule has 8 nitrogen and oxygen atoms in total. The molecule has 0 amide bonds. The zero-order chi connectivity index (χ0) is 18.3. The van der Waals surface area contributed by atoms with Crippen molar-refractivity contribution >= 4 is 33.3 Å². The summed E-state index contributed by atoms with van der Waals surface area (Å²) in [5.41, 5.74) is 1.66. The molecular weight excluding hydrogens is 370 g/mol. The highest BCUT2D eigenvalue weighted by Crippen LogP contribution is 2.27. The lowest BCUT2D eigenvalue weighted by Crippen LogP contribution is -2.13. The summed E-state index contributed by atoms with van der Waals surface area (Å²) in [6.07, 6.45) is 3.36. The standard InChI is InChI=1S/C16H15N7OS2/c1-8-9(2)26-15-12(8)14(24)19-11(20-15)7-25-16-22-21-13(23(16)17)10-4-3-5-18-6-10/h3-6H,7,17H2,1-2H3,(H,19,20,24). The van der Waals surface area contributed by atoms with E-state index in [0.717, 1.165) is 20.8 Å². The third kappa shape index (κ3) is 2.86. The van der Waals surface area contributed by atoms with Crippen LogP contribution in [0.4, 0.5) is 0 Å². The van der Waals surface area contributed by atoms with Crippen LogP contribution in [0.2, 0.25) is 0 Å². The average molecular weight is 385 g/mol. The number of thiophene rings is 1. The number of hydrogen-bond donors (Lipinski definition) is 2. The number of nitrogens with one attached hydrogen (secondary N) is 1. The van der Waals surface area contributed by atoms with Gasteiger partial charge in [-0.15, -0.1) is 21.5 Å². The predicted octanol–water partition coefficient (Wildman–Crippen LogP) is 2.26. The summed E-state index contributed by atoms with van der Waals surface area (Å²) >= 11 is 2.89. The number of nitrogens with zero attached hydrogens (tertiary/aromatic N) is 5. The second kappa shape index (κ2) is 6.54. The Hall–Kier alpha value is -2.72. The maximum absolute atomic E-state index is 12.3. The first-order chi connectivity index (χ1) is 12.5. The molecule has 4 aromatic heterocycles. The Balaban J connectivity index is 1.59. The molecule has 26 heavy (non-hydrogen) atoms. The first-order valence-electron chi connectivity index (χ1n) is 7.77. The summed E-state index contributed by atoms with van der Waals surface area (Å²) in [7, 11) is 0. The zero-order valence-electron chi connectivity index (χ0n) is 14.1. The van der Waals surface area contributed by atoms with Gasteiger partial charge in [-0.2, -0.15) is 0 Å². The van der Waals surface area contributed by atoms with Crippen molar-refractivity contribution in [2.24, 2.45) is 0 Å². The van der Waals surface area contributed by atoms with Gasteiger partial charge in [0.15, 0.2) is 5.82 Å². The van der Waals surface area contributed by atoms with Gasteiger partial charge in [0.05, 0.1) is 11.1 Å². The molecular formula is C16H15N7OS2. The van der Waals surface area contributed by atoms with Crippen molar-refractivity contribution in [3.05, 3.63) is 51.1 Å². The minimum Gasteiger partial charge on any atom is -0.335 e. The van der Waals surface area contributed by atoms with E-state index >= 15 is 0 Å². The Kier molecular flexibility index (Phi) is 4.21. The van der Waals surface area contributed by atoms with Gasteiger partial charge < -0.3 is 10.8 Å². The van der Waals surface area contributed by atoms with Gasteiger partial charge in [0, 0.05) is 22.8 Å². The molecule has 4 heterocycles. The molecule has 0 fully saturated rings. The van der Waals surface area contributed by atoms with E-state index in [1.165, 1.54) is 27.8 Å². The summed E-state index contributed by atoms with van der Waals surface area (Å²) in [6.45, 7) is 3.93. The fourth-order valence-electron chi connectivity index (χ4n) is 2.57. The fourth-order valence-corrected chi connectivity index (χ4v) is 4.34. The van der Waals surface area contributed by atoms with Gasteiger partial charge >= 0.3 is 0 Å². The molecule has 0 unspecified atom stereocenters. The summed E-state index contributed by atoms with van der Waals surface area (Å²) < 4.78 is 1.41. The number of H-pyrrole nitrogens is 1. The Bertz CT molecular complexity index is 1150. The molecule has 132 valence electrons. The highest BCUT2D eigenvalue weighted by Gasteiger charge is 2.15. The number of nitrogens with two attached hydrogens (primary N) is 1. The van der Waals surface area contributed by atoms with E-state index in [4.69, 9.17) is 5.84 Å². The highest BCUT2D eigenvalue weighted by atomic mass is 32.2. The van der Waals surface area contributed by atoms with E-state index in [9.17, 15) is 4.79 Å². The monoisotopic (exact) mass is 385 g/mol. The molecule has 0 saturated carbocycles. The van der Waals surface area contributed by atoms with Gasteiger partial charge in [-0.3, -0.25) is 9.78 Å². The largest absolute Gasteiger partial charge is 0.335 e. The first kappa shape index (κ1) is 16.7. The summed E-state index contributed by atoms with van der Waals surface area (Å²) in [5.74, 6) is 7.64. The minimum absolute atomic E-state index is 0.113. The third-order valence-corrected chi connectivity index (χ3v) is 6.07. The lowest BCUT2D eigenvalue weighted by molar-refractivity contribution is 0.847. The van der Waals surface area contributed by atoms with Gasteiger partial charge in [0.25, 0.3) is 5.56 Å². The van der Waals surface area contributed by atoms with Crippen LogP contribution in [0.1, 0.15) is 16.3 Å². The second-order valence-corrected chi connectivity index (χ2v) is 7.83. The molecule has 0 saturated heterocycles. The maximum Gasteiger partial charge on any atom is 0.259 e. The SMILES string of the molecule is Cc1sc2nc(CSc3nnc(-c4cccnc4)n3N)[nH]c(=O)c2c1C. The van der Waals surface area contributed by atoms with Crippen LogP contribution in [0, 0.1) is 13.8 Å². The van der Waals surface area contributed by atoms with E-state index in [0.29, 0.717) is 27.9 Å². The summed E-state index contributed by atoms with van der Waals surface area (Å²) in [5, 5.41) is 9.43. The molecule has 0 spiro atoms. The Morgan fingerprint density at radius 2 is 2.19 bits per heavy atom. The van der Waals surface area contributed by atoms with Gasteiger partial charge in [-0.25, -0.2) is 9.66 Å². The lowest BCUT2D eigenvalue weighted by atomic mass is 10.2. The number of nitrogen functional groups attached to an aromatic ring is 1. The summed E-state index contributed by atoms with van der Waals surface area (Å²) in [4.78, 5) is 25.7. The molecule has 4 rings (SSSR count). The van der Waals surface area contributed by atoms with Gasteiger partial charge in [0.2, 0.25) is 5.16 Å². The van der Waals surface area contributed by atoms with Crippen molar-refractivity contribution in [2.75, 3.05) is 5.84 Å². The van der Waals surface area contributed by atoms with Crippen LogP contribution in [0.3, 0.4) is 0 Å². The first-order valence-corrected chi connectivity index (χ1v) is 9.57. The van der Waals surface area contributed by atoms with Gasteiger partial charge in [0.1, 0.15) is 10.7 Å². The van der Waals surface area contributed by atoms with Crippen molar-refractivity contribution in [1.29, 1.82) is 0 Å². The van der Waals surface area contributed by atoms with Crippen molar-refractivity contribution < 1.29 is 0 Å². The second-order valence-electron chi connectivity index (χ2n) is 5.68. The molecule has 0 aliphatic rings. The van der Waals surface area contributed by atoms with E-state index < -0.39 is 0 Å². The minimum atomic E-state index is -0.113. The van der Waals surface area contributed by atoms with Gasteiger partial charge in [-0.05, 0) is 31.5 Å². The average Bonchev–Trinajstić information content (AvgIpc) is 3.14. The molecule has 0 atom stereocenters. The smallest absolute Gasteiger partial charge is 0.259 e. The number of rotatable bonds is 4. The third-order valence-electron chi connectivity index (χ3n) is 4.01. The number of fused-ring (bicyclic) bond motifs is 1. The number of aromatic nitrogens is 6. The highest BCUT2D eigenvalue weighted by molar-refractivity contribution is 7.98. The molecule has 0 radical (unpaired) electrons. The van der Waals surface area contributed by atoms with E-state index in [1.54, 1.807) is 12.4 Å². The van der Waals surface area contributed by atoms with Crippen LogP contribution >= 0.6 is 23.1 Å². The van der Waals surface area contributed by atoms with Crippen LogP contribution in [-0.2, 0) is 5.75 Å². The van der Waals surface area contributed by atoms with Crippen LogP contribution in [-0.4, -0.2) is 29.8 Å². The molecule has 0 aliphatic carbocycles. The Morgan fingerprint density at radius 1 is 1.35 bits per heavy atom. The van der Waals surface area contributed by atoms with Crippen LogP contribution in [0.15, 0.2) is 34.5 Å². The number of pyridine rings is 1. The fraction of sp³-hybridized carbons (Fsp3) is 0.188. The zero-order valence-corrected chi connectivity index (χ0v) is 15.7. The van der Waals surface area contributed by atoms with E-state index in [2.05, 4.69) is 25.1 Å². The van der Waals surface area contributed by atoms with Crippen molar-refractivity contribution in [1.82, 2.24) is 29.8 Å². The molecule has 3 N–H and O–H groups in total. The van der Waals surface area contributed by atoms with Crippen LogP contribution < -0.4 is 11.4 Å². The number of aryl methyl sites for hydroxylation is 2. The summed E-state index contributed by atoms with van der Waals surface area (Å²) in [6, 6.07) is 3.68. The quantitative estimate of drug-likeness (QED) is 0.409. The normalized spacial score (nSPS) is 11.3. The number of thioether (sulfide) groups is 1. The molecule has 0 aliphatic heterocycles. The van der Waals surface area contributed by atoms with Crippen molar-refractivity contribution in [3.63, 3.8) is 0 Å². The van der Waals surface area contributed by atoms with Crippen molar-refractivity contribution in [3.8, 4) is 11.4 Å². The van der Waals surface area contributed by atoms with E-state index in [1.807, 2.05) is 26.0 Å². The Labute approximate surface area is 156 Å². The van der Waals surface area contributed by atoms with Gasteiger partial charge in [-0.1, -0.05) is 11.8 Å². The maximum atomic E-state index is 12.3. The Morgan fingerprint density at radius 3 is 2.96 bits per heavy atom. The van der Waals surface area contributed by atoms with Crippen LogP contribution in [0.25, 0.3) is 21.6 Å². The van der Waals surface area contributed by atoms with Crippen LogP contribution in [0.5, 0.6) is 0 Å². The topological polar surface area (TPSA) is 115 Å².